The third-order valence-electron chi connectivity index (χ3n) is 3.06. The van der Waals surface area contributed by atoms with Gasteiger partial charge in [0.25, 0.3) is 0 Å². The normalized spacial score (nSPS) is 13.1. The molecule has 0 spiro atoms. The highest BCUT2D eigenvalue weighted by atomic mass is 19.4. The molecular weight excluding hydrogens is 273 g/mol. The summed E-state index contributed by atoms with van der Waals surface area (Å²) in [4.78, 5) is 10.9. The van der Waals surface area contributed by atoms with Gasteiger partial charge in [-0.3, -0.25) is 4.79 Å². The highest BCUT2D eigenvalue weighted by Crippen LogP contribution is 2.37. The van der Waals surface area contributed by atoms with Crippen molar-refractivity contribution in [2.45, 2.75) is 38.3 Å². The van der Waals surface area contributed by atoms with Crippen molar-refractivity contribution in [2.24, 2.45) is 0 Å². The Morgan fingerprint density at radius 1 is 1.40 bits per heavy atom. The van der Waals surface area contributed by atoms with Crippen molar-refractivity contribution >= 4 is 5.97 Å². The van der Waals surface area contributed by atoms with Crippen LogP contribution in [-0.2, 0) is 11.0 Å². The van der Waals surface area contributed by atoms with E-state index in [4.69, 9.17) is 9.84 Å². The van der Waals surface area contributed by atoms with Crippen molar-refractivity contribution in [1.29, 1.82) is 0 Å². The van der Waals surface area contributed by atoms with Gasteiger partial charge < -0.3 is 9.84 Å². The van der Waals surface area contributed by atoms with E-state index in [2.05, 4.69) is 0 Å². The smallest absolute Gasteiger partial charge is 0.416 e. The lowest BCUT2D eigenvalue weighted by Gasteiger charge is -2.19. The largest absolute Gasteiger partial charge is 0.496 e. The fourth-order valence-electron chi connectivity index (χ4n) is 2.16. The lowest BCUT2D eigenvalue weighted by Crippen LogP contribution is -2.11. The molecule has 1 unspecified atom stereocenters. The Morgan fingerprint density at radius 2 is 2.05 bits per heavy atom. The van der Waals surface area contributed by atoms with Gasteiger partial charge in [0.1, 0.15) is 5.75 Å². The number of carbonyl (C=O) groups is 1. The van der Waals surface area contributed by atoms with Crippen LogP contribution in [0.1, 0.15) is 43.2 Å². The van der Waals surface area contributed by atoms with E-state index in [1.54, 1.807) is 0 Å². The first-order chi connectivity index (χ1) is 9.29. The van der Waals surface area contributed by atoms with Crippen LogP contribution in [0.25, 0.3) is 0 Å². The molecule has 0 bridgehead atoms. The first-order valence-corrected chi connectivity index (χ1v) is 6.26. The molecule has 1 aromatic rings. The molecule has 0 aliphatic rings. The summed E-state index contributed by atoms with van der Waals surface area (Å²) in [5.41, 5.74) is -0.494. The number of hydrogen-bond acceptors (Lipinski definition) is 2. The highest BCUT2D eigenvalue weighted by molar-refractivity contribution is 5.68. The minimum absolute atomic E-state index is 0.217. The summed E-state index contributed by atoms with van der Waals surface area (Å²) in [5, 5.41) is 8.90. The van der Waals surface area contributed by atoms with E-state index < -0.39 is 23.6 Å². The fourth-order valence-corrected chi connectivity index (χ4v) is 2.16. The summed E-state index contributed by atoms with van der Waals surface area (Å²) in [6, 6.07) is 3.16. The van der Waals surface area contributed by atoms with E-state index in [1.807, 2.05) is 6.92 Å². The van der Waals surface area contributed by atoms with Crippen LogP contribution in [0.2, 0.25) is 0 Å². The maximum atomic E-state index is 12.8. The van der Waals surface area contributed by atoms with Crippen LogP contribution in [0, 0.1) is 0 Å². The Labute approximate surface area is 115 Å². The maximum Gasteiger partial charge on any atom is 0.416 e. The zero-order chi connectivity index (χ0) is 15.3. The number of hydrogen-bond donors (Lipinski definition) is 1. The van der Waals surface area contributed by atoms with Crippen molar-refractivity contribution in [3.63, 3.8) is 0 Å². The van der Waals surface area contributed by atoms with Crippen LogP contribution in [0.15, 0.2) is 18.2 Å². The molecule has 0 saturated carbocycles. The van der Waals surface area contributed by atoms with Gasteiger partial charge in [0.05, 0.1) is 19.1 Å². The molecular formula is C14H17F3O3. The SMILES string of the molecule is CCCC(CC(=O)O)c1cc(C(F)(F)F)ccc1OC. The number of alkyl halides is 3. The second-order valence-corrected chi connectivity index (χ2v) is 4.54. The average Bonchev–Trinajstić information content (AvgIpc) is 2.36. The van der Waals surface area contributed by atoms with Crippen molar-refractivity contribution in [3.05, 3.63) is 29.3 Å². The second kappa shape index (κ2) is 6.63. The number of carboxylic acids is 1. The average molecular weight is 290 g/mol. The molecule has 0 aromatic heterocycles. The maximum absolute atomic E-state index is 12.8. The quantitative estimate of drug-likeness (QED) is 0.859. The van der Waals surface area contributed by atoms with Crippen LogP contribution in [0.3, 0.4) is 0 Å². The predicted molar refractivity (Wildman–Crippen MR) is 67.9 cm³/mol. The number of halogens is 3. The summed E-state index contributed by atoms with van der Waals surface area (Å²) in [6.45, 7) is 1.86. The van der Waals surface area contributed by atoms with Crippen LogP contribution >= 0.6 is 0 Å². The molecule has 0 saturated heterocycles. The second-order valence-electron chi connectivity index (χ2n) is 4.54. The van der Waals surface area contributed by atoms with Crippen LogP contribution in [0.5, 0.6) is 5.75 Å². The molecule has 1 atom stereocenters. The first kappa shape index (κ1) is 16.3. The van der Waals surface area contributed by atoms with Gasteiger partial charge in [-0.1, -0.05) is 13.3 Å². The Balaban J connectivity index is 3.25. The van der Waals surface area contributed by atoms with Crippen LogP contribution in [-0.4, -0.2) is 18.2 Å². The van der Waals surface area contributed by atoms with Crippen molar-refractivity contribution in [3.8, 4) is 5.75 Å². The molecule has 0 radical (unpaired) electrons. The van der Waals surface area contributed by atoms with Gasteiger partial charge in [0, 0.05) is 0 Å². The van der Waals surface area contributed by atoms with Crippen molar-refractivity contribution in [2.75, 3.05) is 7.11 Å². The van der Waals surface area contributed by atoms with Crippen molar-refractivity contribution in [1.82, 2.24) is 0 Å². The van der Waals surface area contributed by atoms with Crippen LogP contribution in [0.4, 0.5) is 13.2 Å². The van der Waals surface area contributed by atoms with E-state index >= 15 is 0 Å². The van der Waals surface area contributed by atoms with Gasteiger partial charge in [-0.05, 0) is 36.1 Å². The van der Waals surface area contributed by atoms with Gasteiger partial charge in [0.2, 0.25) is 0 Å². The van der Waals surface area contributed by atoms with Gasteiger partial charge in [0.15, 0.2) is 0 Å². The summed E-state index contributed by atoms with van der Waals surface area (Å²) in [6.07, 6.45) is -3.51. The standard InChI is InChI=1S/C14H17F3O3/c1-3-4-9(7-13(18)19)11-8-10(14(15,16)17)5-6-12(11)20-2/h5-6,8-9H,3-4,7H2,1-2H3,(H,18,19). The highest BCUT2D eigenvalue weighted by Gasteiger charge is 2.32. The Morgan fingerprint density at radius 3 is 2.50 bits per heavy atom. The van der Waals surface area contributed by atoms with E-state index in [-0.39, 0.29) is 12.2 Å². The number of aliphatic carboxylic acids is 1. The Kier molecular flexibility index (Phi) is 5.42. The molecule has 20 heavy (non-hydrogen) atoms. The zero-order valence-electron chi connectivity index (χ0n) is 11.3. The predicted octanol–water partition coefficient (Wildman–Crippen LogP) is 4.07. The molecule has 0 aliphatic heterocycles. The summed E-state index contributed by atoms with van der Waals surface area (Å²) < 4.78 is 43.3. The Bertz CT molecular complexity index is 469. The number of carboxylic acid groups (broad SMARTS) is 1. The lowest BCUT2D eigenvalue weighted by molar-refractivity contribution is -0.138. The van der Waals surface area contributed by atoms with Gasteiger partial charge in [-0.15, -0.1) is 0 Å². The molecule has 0 fully saturated rings. The van der Waals surface area contributed by atoms with E-state index in [9.17, 15) is 18.0 Å². The van der Waals surface area contributed by atoms with Gasteiger partial charge in [-0.25, -0.2) is 0 Å². The third-order valence-corrected chi connectivity index (χ3v) is 3.06. The minimum atomic E-state index is -4.46. The molecule has 1 aromatic carbocycles. The lowest BCUT2D eigenvalue weighted by atomic mass is 9.89. The molecule has 6 heteroatoms. The Hall–Kier alpha value is -1.72. The van der Waals surface area contributed by atoms with Gasteiger partial charge in [-0.2, -0.15) is 13.2 Å². The summed E-state index contributed by atoms with van der Waals surface area (Å²) in [7, 11) is 1.36. The zero-order valence-corrected chi connectivity index (χ0v) is 11.3. The number of methoxy groups -OCH3 is 1. The third kappa shape index (κ3) is 4.15. The van der Waals surface area contributed by atoms with E-state index in [0.717, 1.165) is 12.1 Å². The monoisotopic (exact) mass is 290 g/mol. The van der Waals surface area contributed by atoms with Crippen LogP contribution < -0.4 is 4.74 Å². The molecule has 1 N–H and O–H groups in total. The van der Waals surface area contributed by atoms with E-state index in [1.165, 1.54) is 13.2 Å². The summed E-state index contributed by atoms with van der Waals surface area (Å²) >= 11 is 0. The number of ether oxygens (including phenoxy) is 1. The number of benzene rings is 1. The first-order valence-electron chi connectivity index (χ1n) is 6.26. The topological polar surface area (TPSA) is 46.5 Å². The van der Waals surface area contributed by atoms with Gasteiger partial charge >= 0.3 is 12.1 Å². The molecule has 112 valence electrons. The molecule has 0 heterocycles. The van der Waals surface area contributed by atoms with Crippen molar-refractivity contribution < 1.29 is 27.8 Å². The molecule has 3 nitrogen and oxygen atoms in total. The molecule has 1 rings (SSSR count). The summed E-state index contributed by atoms with van der Waals surface area (Å²) in [5.74, 6) is -1.24. The van der Waals surface area contributed by atoms with E-state index in [0.29, 0.717) is 18.4 Å². The number of rotatable bonds is 6. The fraction of sp³-hybridized carbons (Fsp3) is 0.500. The minimum Gasteiger partial charge on any atom is -0.496 e. The molecule has 0 aliphatic carbocycles. The molecule has 0 amide bonds.